The second-order valence-electron chi connectivity index (χ2n) is 8.38. The van der Waals surface area contributed by atoms with Crippen LogP contribution in [0.5, 0.6) is 0 Å². The highest BCUT2D eigenvalue weighted by atomic mass is 19.1. The monoisotopic (exact) mass is 439 g/mol. The number of nitrogens with one attached hydrogen (secondary N) is 2. The van der Waals surface area contributed by atoms with Crippen molar-refractivity contribution in [3.05, 3.63) is 63.6 Å². The van der Waals surface area contributed by atoms with Gasteiger partial charge in [-0.2, -0.15) is 0 Å². The summed E-state index contributed by atoms with van der Waals surface area (Å²) in [6.45, 7) is 3.83. The maximum atomic E-state index is 13.6. The number of aromatic nitrogens is 1. The van der Waals surface area contributed by atoms with Gasteiger partial charge in [-0.05, 0) is 75.3 Å². The highest BCUT2D eigenvalue weighted by molar-refractivity contribution is 6.43. The normalized spacial score (nSPS) is 15.5. The highest BCUT2D eigenvalue weighted by Crippen LogP contribution is 2.30. The molecule has 0 radical (unpaired) electrons. The van der Waals surface area contributed by atoms with Crippen LogP contribution in [0, 0.1) is 19.7 Å². The summed E-state index contributed by atoms with van der Waals surface area (Å²) in [6, 6.07) is 4.32. The largest absolute Gasteiger partial charge is 0.511 e. The Morgan fingerprint density at radius 2 is 1.81 bits per heavy atom. The number of rotatable bonds is 5. The van der Waals surface area contributed by atoms with Crippen molar-refractivity contribution in [3.63, 3.8) is 0 Å². The fourth-order valence-electron chi connectivity index (χ4n) is 4.55. The van der Waals surface area contributed by atoms with Gasteiger partial charge in [-0.3, -0.25) is 14.4 Å². The molecule has 32 heavy (non-hydrogen) atoms. The van der Waals surface area contributed by atoms with Gasteiger partial charge in [-0.25, -0.2) is 4.39 Å². The molecule has 3 N–H and O–H groups in total. The molecule has 0 bridgehead atoms. The number of carbonyl (C=O) groups is 3. The van der Waals surface area contributed by atoms with Crippen molar-refractivity contribution in [1.29, 1.82) is 0 Å². The zero-order valence-corrected chi connectivity index (χ0v) is 18.2. The third-order valence-corrected chi connectivity index (χ3v) is 6.18. The number of amides is 2. The highest BCUT2D eigenvalue weighted by Gasteiger charge is 2.33. The minimum Gasteiger partial charge on any atom is -0.511 e. The molecule has 2 aliphatic rings. The Balaban J connectivity index is 1.66. The van der Waals surface area contributed by atoms with Gasteiger partial charge >= 0.3 is 0 Å². The Bertz CT molecular complexity index is 1160. The summed E-state index contributed by atoms with van der Waals surface area (Å²) in [5, 5.41) is 15.2. The Morgan fingerprint density at radius 3 is 2.50 bits per heavy atom. The standard InChI is InChI=1S/C24H26FN3O4/c1-13-12-15(9-10-16(13)25)26-23(31)20-14(2)21(28-11-4-3-7-18(20)28)22(30)24(32)27-17-6-5-8-19(17)29/h9-10,12,29H,3-8,11H2,1-2H3,(H,26,31)(H,27,32). The van der Waals surface area contributed by atoms with E-state index in [9.17, 15) is 23.9 Å². The fraction of sp³-hybridized carbons (Fsp3) is 0.375. The van der Waals surface area contributed by atoms with Gasteiger partial charge in [0.05, 0.1) is 17.0 Å². The number of aliphatic hydroxyl groups is 1. The number of ketones is 1. The van der Waals surface area contributed by atoms with E-state index in [0.717, 1.165) is 25.0 Å². The molecule has 0 unspecified atom stereocenters. The van der Waals surface area contributed by atoms with Gasteiger partial charge in [0.1, 0.15) is 11.6 Å². The molecule has 2 aromatic rings. The summed E-state index contributed by atoms with van der Waals surface area (Å²) in [4.78, 5) is 38.9. The van der Waals surface area contributed by atoms with Crippen LogP contribution in [0.15, 0.2) is 29.7 Å². The lowest BCUT2D eigenvalue weighted by molar-refractivity contribution is -0.116. The summed E-state index contributed by atoms with van der Waals surface area (Å²) in [5.74, 6) is -2.19. The minimum atomic E-state index is -0.816. The van der Waals surface area contributed by atoms with Gasteiger partial charge < -0.3 is 20.3 Å². The van der Waals surface area contributed by atoms with E-state index in [0.29, 0.717) is 53.9 Å². The number of halogens is 1. The van der Waals surface area contributed by atoms with Crippen molar-refractivity contribution in [2.24, 2.45) is 0 Å². The van der Waals surface area contributed by atoms with Crippen LogP contribution in [0.25, 0.3) is 0 Å². The van der Waals surface area contributed by atoms with E-state index in [-0.39, 0.29) is 17.3 Å². The third-order valence-electron chi connectivity index (χ3n) is 6.18. The van der Waals surface area contributed by atoms with Gasteiger partial charge in [-0.1, -0.05) is 0 Å². The van der Waals surface area contributed by atoms with E-state index in [1.54, 1.807) is 24.5 Å². The van der Waals surface area contributed by atoms with Crippen molar-refractivity contribution in [2.75, 3.05) is 5.32 Å². The maximum absolute atomic E-state index is 13.6. The molecule has 0 atom stereocenters. The molecular weight excluding hydrogens is 413 g/mol. The first-order chi connectivity index (χ1) is 15.3. The lowest BCUT2D eigenvalue weighted by Gasteiger charge is -2.18. The van der Waals surface area contributed by atoms with Gasteiger partial charge in [0.2, 0.25) is 0 Å². The molecule has 4 rings (SSSR count). The van der Waals surface area contributed by atoms with Crippen LogP contribution in [0.4, 0.5) is 10.1 Å². The van der Waals surface area contributed by atoms with Crippen LogP contribution in [0.2, 0.25) is 0 Å². The SMILES string of the molecule is Cc1cc(NC(=O)c2c(C)c(C(=O)C(=O)NC3=C(O)CCC3)n3c2CCCC3)ccc1F. The Labute approximate surface area is 185 Å². The number of aryl methyl sites for hydroxylation is 1. The molecule has 168 valence electrons. The molecule has 8 heteroatoms. The van der Waals surface area contributed by atoms with E-state index in [2.05, 4.69) is 10.6 Å². The minimum absolute atomic E-state index is 0.106. The van der Waals surface area contributed by atoms with E-state index < -0.39 is 17.6 Å². The lowest BCUT2D eigenvalue weighted by atomic mass is 10.0. The first-order valence-electron chi connectivity index (χ1n) is 10.8. The number of fused-ring (bicyclic) bond motifs is 1. The second-order valence-corrected chi connectivity index (χ2v) is 8.38. The third kappa shape index (κ3) is 3.92. The van der Waals surface area contributed by atoms with E-state index in [4.69, 9.17) is 0 Å². The predicted octanol–water partition coefficient (Wildman–Crippen LogP) is 4.09. The molecule has 1 aromatic carbocycles. The summed E-state index contributed by atoms with van der Waals surface area (Å²) in [5.41, 5.74) is 3.01. The van der Waals surface area contributed by atoms with Crippen LogP contribution in [0.1, 0.15) is 69.8 Å². The van der Waals surface area contributed by atoms with Crippen molar-refractivity contribution in [2.45, 2.75) is 58.9 Å². The average molecular weight is 439 g/mol. The fourth-order valence-corrected chi connectivity index (χ4v) is 4.55. The summed E-state index contributed by atoms with van der Waals surface area (Å²) >= 11 is 0. The van der Waals surface area contributed by atoms with Crippen LogP contribution in [-0.2, 0) is 17.8 Å². The Morgan fingerprint density at radius 1 is 1.03 bits per heavy atom. The lowest BCUT2D eigenvalue weighted by Crippen LogP contribution is -2.32. The molecule has 2 amide bonds. The van der Waals surface area contributed by atoms with E-state index in [1.165, 1.54) is 12.1 Å². The smallest absolute Gasteiger partial charge is 0.298 e. The molecule has 0 fully saturated rings. The Kier molecular flexibility index (Phi) is 5.86. The number of nitrogens with zero attached hydrogens (tertiary/aromatic N) is 1. The molecule has 2 heterocycles. The van der Waals surface area contributed by atoms with Gasteiger partial charge in [0.15, 0.2) is 0 Å². The number of hydrogen-bond acceptors (Lipinski definition) is 4. The molecular formula is C24H26FN3O4. The predicted molar refractivity (Wildman–Crippen MR) is 117 cm³/mol. The van der Waals surface area contributed by atoms with Crippen LogP contribution < -0.4 is 10.6 Å². The van der Waals surface area contributed by atoms with Crippen molar-refractivity contribution >= 4 is 23.3 Å². The summed E-state index contributed by atoms with van der Waals surface area (Å²) in [6.07, 6.45) is 4.06. The van der Waals surface area contributed by atoms with Crippen molar-refractivity contribution < 1.29 is 23.9 Å². The molecule has 0 saturated carbocycles. The number of aliphatic hydroxyl groups excluding tert-OH is 1. The topological polar surface area (TPSA) is 100 Å². The number of anilines is 1. The first-order valence-corrected chi connectivity index (χ1v) is 10.8. The second kappa shape index (κ2) is 8.61. The number of benzene rings is 1. The molecule has 7 nitrogen and oxygen atoms in total. The van der Waals surface area contributed by atoms with Gasteiger partial charge in [-0.15, -0.1) is 0 Å². The number of hydrogen-bond donors (Lipinski definition) is 3. The average Bonchev–Trinajstić information content (AvgIpc) is 3.29. The van der Waals surface area contributed by atoms with E-state index >= 15 is 0 Å². The number of Topliss-reactive ketones (excluding diaryl/α,β-unsaturated/α-hetero) is 1. The summed E-state index contributed by atoms with van der Waals surface area (Å²) in [7, 11) is 0. The summed E-state index contributed by atoms with van der Waals surface area (Å²) < 4.78 is 15.3. The zero-order valence-electron chi connectivity index (χ0n) is 18.2. The van der Waals surface area contributed by atoms with Crippen LogP contribution in [-0.4, -0.2) is 27.3 Å². The molecule has 1 aliphatic carbocycles. The number of carbonyl (C=O) groups excluding carboxylic acids is 3. The molecule has 0 spiro atoms. The van der Waals surface area contributed by atoms with Gasteiger partial charge in [0.25, 0.3) is 17.6 Å². The maximum Gasteiger partial charge on any atom is 0.298 e. The molecule has 0 saturated heterocycles. The van der Waals surface area contributed by atoms with Crippen molar-refractivity contribution in [1.82, 2.24) is 9.88 Å². The van der Waals surface area contributed by atoms with Crippen LogP contribution >= 0.6 is 0 Å². The zero-order chi connectivity index (χ0) is 23.0. The molecule has 1 aliphatic heterocycles. The number of allylic oxidation sites excluding steroid dienone is 2. The van der Waals surface area contributed by atoms with Crippen molar-refractivity contribution in [3.8, 4) is 0 Å². The quantitative estimate of drug-likeness (QED) is 0.483. The molecule has 1 aromatic heterocycles. The first kappa shape index (κ1) is 21.8. The van der Waals surface area contributed by atoms with Gasteiger partial charge in [0, 0.05) is 24.3 Å². The van der Waals surface area contributed by atoms with E-state index in [1.807, 2.05) is 0 Å². The Hall–Kier alpha value is -3.42. The van der Waals surface area contributed by atoms with Crippen LogP contribution in [0.3, 0.4) is 0 Å².